The lowest BCUT2D eigenvalue weighted by Gasteiger charge is -2.19. The molecule has 20 heavy (non-hydrogen) atoms. The zero-order valence-electron chi connectivity index (χ0n) is 11.7. The smallest absolute Gasteiger partial charge is 0.169 e. The minimum Gasteiger partial charge on any atom is -0.381 e. The van der Waals surface area contributed by atoms with Gasteiger partial charge in [-0.2, -0.15) is 0 Å². The van der Waals surface area contributed by atoms with Crippen LogP contribution in [-0.4, -0.2) is 41.7 Å². The van der Waals surface area contributed by atoms with Gasteiger partial charge in [0.1, 0.15) is 0 Å². The molecule has 0 amide bonds. The van der Waals surface area contributed by atoms with E-state index in [-0.39, 0.29) is 0 Å². The Bertz CT molecular complexity index is 521. The van der Waals surface area contributed by atoms with Crippen LogP contribution in [0.4, 0.5) is 0 Å². The number of ether oxygens (including phenoxy) is 1. The first-order valence-electron chi connectivity index (χ1n) is 6.92. The molecule has 2 aromatic rings. The number of nitrogens with zero attached hydrogens (tertiary/aromatic N) is 3. The van der Waals surface area contributed by atoms with Crippen LogP contribution in [0.5, 0.6) is 0 Å². The van der Waals surface area contributed by atoms with Crippen LogP contribution in [-0.2, 0) is 11.3 Å². The summed E-state index contributed by atoms with van der Waals surface area (Å²) in [4.78, 5) is 12.3. The molecule has 0 spiro atoms. The van der Waals surface area contributed by atoms with E-state index in [1.54, 1.807) is 11.3 Å². The summed E-state index contributed by atoms with van der Waals surface area (Å²) in [7, 11) is 2.14. The van der Waals surface area contributed by atoms with Crippen molar-refractivity contribution in [3.05, 3.63) is 35.5 Å². The molecular formula is C15H19N3OS. The van der Waals surface area contributed by atoms with E-state index in [0.29, 0.717) is 5.92 Å². The number of rotatable bonds is 5. The summed E-state index contributed by atoms with van der Waals surface area (Å²) in [6.45, 7) is 3.78. The number of thiophene rings is 1. The molecule has 0 bridgehead atoms. The molecule has 0 N–H and O–H groups in total. The van der Waals surface area contributed by atoms with Gasteiger partial charge < -0.3 is 9.64 Å². The molecule has 3 heterocycles. The first kappa shape index (κ1) is 13.7. The highest BCUT2D eigenvalue weighted by molar-refractivity contribution is 7.13. The fraction of sp³-hybridized carbons (Fsp3) is 0.467. The molecule has 3 rings (SSSR count). The molecule has 0 aromatic carbocycles. The Kier molecular flexibility index (Phi) is 4.40. The predicted molar refractivity (Wildman–Crippen MR) is 80.6 cm³/mol. The van der Waals surface area contributed by atoms with Crippen molar-refractivity contribution in [2.24, 2.45) is 5.92 Å². The summed E-state index contributed by atoms with van der Waals surface area (Å²) >= 11 is 1.67. The second-order valence-electron chi connectivity index (χ2n) is 5.32. The molecule has 0 saturated carbocycles. The summed E-state index contributed by atoms with van der Waals surface area (Å²) in [5, 5.41) is 2.05. The van der Waals surface area contributed by atoms with Crippen LogP contribution in [0.25, 0.3) is 10.7 Å². The minimum atomic E-state index is 0.673. The van der Waals surface area contributed by atoms with E-state index in [4.69, 9.17) is 4.74 Å². The van der Waals surface area contributed by atoms with Crippen LogP contribution in [0.2, 0.25) is 0 Å². The Hall–Kier alpha value is -1.30. The molecule has 1 unspecified atom stereocenters. The molecule has 5 heteroatoms. The lowest BCUT2D eigenvalue weighted by Crippen LogP contribution is -2.25. The highest BCUT2D eigenvalue weighted by atomic mass is 32.1. The van der Waals surface area contributed by atoms with Gasteiger partial charge in [-0.1, -0.05) is 6.07 Å². The lowest BCUT2D eigenvalue weighted by molar-refractivity contribution is 0.173. The van der Waals surface area contributed by atoms with Crippen LogP contribution >= 0.6 is 11.3 Å². The largest absolute Gasteiger partial charge is 0.381 e. The molecule has 2 aromatic heterocycles. The Balaban J connectivity index is 1.57. The number of hydrogen-bond donors (Lipinski definition) is 0. The topological polar surface area (TPSA) is 38.2 Å². The Morgan fingerprint density at radius 3 is 2.90 bits per heavy atom. The van der Waals surface area contributed by atoms with Crippen molar-refractivity contribution >= 4 is 11.3 Å². The second-order valence-corrected chi connectivity index (χ2v) is 6.27. The van der Waals surface area contributed by atoms with Crippen LogP contribution in [0, 0.1) is 5.92 Å². The average Bonchev–Trinajstić information content (AvgIpc) is 3.12. The molecule has 106 valence electrons. The molecule has 0 aliphatic carbocycles. The van der Waals surface area contributed by atoms with E-state index in [2.05, 4.69) is 21.9 Å². The third kappa shape index (κ3) is 3.42. The van der Waals surface area contributed by atoms with Crippen molar-refractivity contribution in [1.29, 1.82) is 0 Å². The van der Waals surface area contributed by atoms with Crippen molar-refractivity contribution in [2.75, 3.05) is 26.8 Å². The zero-order chi connectivity index (χ0) is 13.8. The quantitative estimate of drug-likeness (QED) is 0.848. The van der Waals surface area contributed by atoms with Crippen molar-refractivity contribution in [3.63, 3.8) is 0 Å². The molecule has 0 radical (unpaired) electrons. The van der Waals surface area contributed by atoms with Crippen molar-refractivity contribution in [2.45, 2.75) is 13.0 Å². The Morgan fingerprint density at radius 2 is 2.25 bits per heavy atom. The van der Waals surface area contributed by atoms with Crippen molar-refractivity contribution in [3.8, 4) is 10.7 Å². The van der Waals surface area contributed by atoms with Crippen LogP contribution < -0.4 is 0 Å². The van der Waals surface area contributed by atoms with Gasteiger partial charge in [-0.25, -0.2) is 9.97 Å². The van der Waals surface area contributed by atoms with Crippen LogP contribution in [0.1, 0.15) is 12.0 Å². The first-order valence-corrected chi connectivity index (χ1v) is 7.80. The minimum absolute atomic E-state index is 0.673. The van der Waals surface area contributed by atoms with Gasteiger partial charge >= 0.3 is 0 Å². The molecule has 1 fully saturated rings. The van der Waals surface area contributed by atoms with E-state index >= 15 is 0 Å². The SMILES string of the molecule is CN(Cc1cnc(-c2cccs2)nc1)CC1CCOC1. The van der Waals surface area contributed by atoms with Crippen LogP contribution in [0.15, 0.2) is 29.9 Å². The van der Waals surface area contributed by atoms with E-state index in [9.17, 15) is 0 Å². The third-order valence-electron chi connectivity index (χ3n) is 3.49. The van der Waals surface area contributed by atoms with Gasteiger partial charge in [-0.15, -0.1) is 11.3 Å². The molecule has 1 aliphatic rings. The maximum Gasteiger partial charge on any atom is 0.169 e. The maximum atomic E-state index is 5.42. The Labute approximate surface area is 123 Å². The number of hydrogen-bond acceptors (Lipinski definition) is 5. The summed E-state index contributed by atoms with van der Waals surface area (Å²) in [6.07, 6.45) is 5.05. The molecule has 4 nitrogen and oxygen atoms in total. The van der Waals surface area contributed by atoms with Gasteiger partial charge in [0.2, 0.25) is 0 Å². The van der Waals surface area contributed by atoms with E-state index in [0.717, 1.165) is 42.6 Å². The number of aromatic nitrogens is 2. The predicted octanol–water partition coefficient (Wildman–Crippen LogP) is 2.67. The summed E-state index contributed by atoms with van der Waals surface area (Å²) in [5.41, 5.74) is 1.16. The normalized spacial score (nSPS) is 18.8. The zero-order valence-corrected chi connectivity index (χ0v) is 12.5. The standard InChI is InChI=1S/C15H19N3OS/c1-18(9-12-4-5-19-11-12)10-13-7-16-15(17-8-13)14-3-2-6-20-14/h2-3,6-8,12H,4-5,9-11H2,1H3. The maximum absolute atomic E-state index is 5.42. The molecule has 1 saturated heterocycles. The first-order chi connectivity index (χ1) is 9.81. The van der Waals surface area contributed by atoms with Crippen LogP contribution in [0.3, 0.4) is 0 Å². The van der Waals surface area contributed by atoms with E-state index in [1.807, 2.05) is 29.9 Å². The highest BCUT2D eigenvalue weighted by Gasteiger charge is 2.17. The summed E-state index contributed by atoms with van der Waals surface area (Å²) in [6, 6.07) is 4.07. The van der Waals surface area contributed by atoms with E-state index < -0.39 is 0 Å². The van der Waals surface area contributed by atoms with Gasteiger partial charge in [-0.3, -0.25) is 0 Å². The van der Waals surface area contributed by atoms with Gasteiger partial charge in [0.15, 0.2) is 5.82 Å². The highest BCUT2D eigenvalue weighted by Crippen LogP contribution is 2.20. The monoisotopic (exact) mass is 289 g/mol. The van der Waals surface area contributed by atoms with Gasteiger partial charge in [-0.05, 0) is 30.8 Å². The lowest BCUT2D eigenvalue weighted by atomic mass is 10.1. The summed E-state index contributed by atoms with van der Waals surface area (Å²) in [5.74, 6) is 1.49. The van der Waals surface area contributed by atoms with Gasteiger partial charge in [0, 0.05) is 37.7 Å². The average molecular weight is 289 g/mol. The van der Waals surface area contributed by atoms with Gasteiger partial charge in [0.25, 0.3) is 0 Å². The fourth-order valence-corrected chi connectivity index (χ4v) is 3.19. The van der Waals surface area contributed by atoms with Crippen molar-refractivity contribution < 1.29 is 4.74 Å². The van der Waals surface area contributed by atoms with Crippen molar-refractivity contribution in [1.82, 2.24) is 14.9 Å². The van der Waals surface area contributed by atoms with Gasteiger partial charge in [0.05, 0.1) is 11.5 Å². The molecule has 1 atom stereocenters. The molecular weight excluding hydrogens is 270 g/mol. The Morgan fingerprint density at radius 1 is 1.40 bits per heavy atom. The third-order valence-corrected chi connectivity index (χ3v) is 4.36. The fourth-order valence-electron chi connectivity index (χ4n) is 2.51. The van der Waals surface area contributed by atoms with E-state index in [1.165, 1.54) is 6.42 Å². The summed E-state index contributed by atoms with van der Waals surface area (Å²) < 4.78 is 5.42. The molecule has 1 aliphatic heterocycles. The second kappa shape index (κ2) is 6.43.